The molecule has 1 aromatic heterocycles. The van der Waals surface area contributed by atoms with Gasteiger partial charge in [-0.05, 0) is 24.0 Å². The van der Waals surface area contributed by atoms with E-state index in [0.29, 0.717) is 12.1 Å². The number of hydrogen-bond acceptors (Lipinski definition) is 0. The predicted octanol–water partition coefficient (Wildman–Crippen LogP) is 4.77. The summed E-state index contributed by atoms with van der Waals surface area (Å²) in [5.41, 5.74) is 2.73. The average Bonchev–Trinajstić information content (AvgIpc) is 3.08. The van der Waals surface area contributed by atoms with Crippen LogP contribution in [0.25, 0.3) is 0 Å². The lowest BCUT2D eigenvalue weighted by Crippen LogP contribution is -2.38. The highest BCUT2D eigenvalue weighted by Crippen LogP contribution is 2.22. The SMILES string of the molecule is CCC(c1ccccc1)n1cc[n+](C(CC)c2ccccc2)c1. The first-order chi connectivity index (χ1) is 11.3. The minimum Gasteiger partial charge on any atom is -0.230 e. The molecule has 0 spiro atoms. The van der Waals surface area contributed by atoms with E-state index in [1.807, 2.05) is 0 Å². The monoisotopic (exact) mass is 305 g/mol. The Morgan fingerprint density at radius 3 is 2.00 bits per heavy atom. The second-order valence-electron chi connectivity index (χ2n) is 5.98. The van der Waals surface area contributed by atoms with Crippen LogP contribution >= 0.6 is 0 Å². The van der Waals surface area contributed by atoms with Crippen molar-refractivity contribution in [3.8, 4) is 0 Å². The molecule has 0 amide bonds. The van der Waals surface area contributed by atoms with E-state index in [9.17, 15) is 0 Å². The first kappa shape index (κ1) is 15.5. The van der Waals surface area contributed by atoms with Gasteiger partial charge in [0.25, 0.3) is 0 Å². The number of aromatic nitrogens is 2. The molecule has 0 aliphatic carbocycles. The molecule has 0 fully saturated rings. The van der Waals surface area contributed by atoms with Crippen LogP contribution in [0, 0.1) is 0 Å². The van der Waals surface area contributed by atoms with E-state index in [-0.39, 0.29) is 0 Å². The zero-order chi connectivity index (χ0) is 16.1. The predicted molar refractivity (Wildman–Crippen MR) is 94.4 cm³/mol. The molecular weight excluding hydrogens is 280 g/mol. The van der Waals surface area contributed by atoms with Crippen molar-refractivity contribution < 1.29 is 4.57 Å². The number of imidazole rings is 1. The summed E-state index contributed by atoms with van der Waals surface area (Å²) < 4.78 is 4.67. The molecule has 2 nitrogen and oxygen atoms in total. The van der Waals surface area contributed by atoms with Gasteiger partial charge in [0.2, 0.25) is 6.33 Å². The highest BCUT2D eigenvalue weighted by Gasteiger charge is 2.21. The van der Waals surface area contributed by atoms with Crippen molar-refractivity contribution in [2.75, 3.05) is 0 Å². The van der Waals surface area contributed by atoms with Gasteiger partial charge >= 0.3 is 0 Å². The molecule has 0 saturated carbocycles. The third kappa shape index (κ3) is 3.37. The van der Waals surface area contributed by atoms with Gasteiger partial charge in [-0.1, -0.05) is 74.5 Å². The topological polar surface area (TPSA) is 8.81 Å². The van der Waals surface area contributed by atoms with Gasteiger partial charge in [-0.2, -0.15) is 0 Å². The lowest BCUT2D eigenvalue weighted by atomic mass is 10.0. The lowest BCUT2D eigenvalue weighted by molar-refractivity contribution is -0.713. The Labute approximate surface area is 139 Å². The van der Waals surface area contributed by atoms with Crippen LogP contribution in [0.5, 0.6) is 0 Å². The maximum Gasteiger partial charge on any atom is 0.244 e. The molecule has 2 heteroatoms. The first-order valence-corrected chi connectivity index (χ1v) is 8.51. The fraction of sp³-hybridized carbons (Fsp3) is 0.286. The summed E-state index contributed by atoms with van der Waals surface area (Å²) in [6.45, 7) is 4.49. The molecule has 3 aromatic rings. The molecular formula is C21H25N2+. The Balaban J connectivity index is 1.90. The molecule has 23 heavy (non-hydrogen) atoms. The van der Waals surface area contributed by atoms with Gasteiger partial charge in [-0.3, -0.25) is 0 Å². The summed E-state index contributed by atoms with van der Waals surface area (Å²) in [5, 5.41) is 0. The first-order valence-electron chi connectivity index (χ1n) is 8.51. The van der Waals surface area contributed by atoms with Crippen LogP contribution in [0.3, 0.4) is 0 Å². The van der Waals surface area contributed by atoms with Crippen LogP contribution in [-0.4, -0.2) is 4.57 Å². The third-order valence-electron chi connectivity index (χ3n) is 4.54. The molecule has 0 aliphatic rings. The van der Waals surface area contributed by atoms with E-state index in [4.69, 9.17) is 0 Å². The van der Waals surface area contributed by atoms with E-state index < -0.39 is 0 Å². The second-order valence-corrected chi connectivity index (χ2v) is 5.98. The standard InChI is InChI=1S/C21H25N2/c1-3-20(18-11-7-5-8-12-18)22-15-16-23(17-22)21(4-2)19-13-9-6-10-14-19/h5-17,20-21H,3-4H2,1-2H3/q+1. The van der Waals surface area contributed by atoms with Crippen molar-refractivity contribution >= 4 is 0 Å². The Kier molecular flexibility index (Phi) is 4.92. The van der Waals surface area contributed by atoms with Gasteiger partial charge in [0, 0.05) is 0 Å². The summed E-state index contributed by atoms with van der Waals surface area (Å²) in [4.78, 5) is 0. The number of hydrogen-bond donors (Lipinski definition) is 0. The molecule has 0 N–H and O–H groups in total. The zero-order valence-corrected chi connectivity index (χ0v) is 14.0. The minimum absolute atomic E-state index is 0.394. The maximum absolute atomic E-state index is 2.33. The fourth-order valence-electron chi connectivity index (χ4n) is 3.34. The van der Waals surface area contributed by atoms with Crippen LogP contribution in [0.2, 0.25) is 0 Å². The van der Waals surface area contributed by atoms with Crippen molar-refractivity contribution in [2.45, 2.75) is 38.8 Å². The van der Waals surface area contributed by atoms with E-state index in [1.165, 1.54) is 11.1 Å². The highest BCUT2D eigenvalue weighted by molar-refractivity contribution is 5.20. The minimum atomic E-state index is 0.394. The van der Waals surface area contributed by atoms with Crippen LogP contribution in [0.15, 0.2) is 79.4 Å². The second kappa shape index (κ2) is 7.28. The van der Waals surface area contributed by atoms with Crippen LogP contribution in [0.1, 0.15) is 49.9 Å². The quantitative estimate of drug-likeness (QED) is 0.580. The van der Waals surface area contributed by atoms with Gasteiger partial charge in [-0.25, -0.2) is 9.13 Å². The summed E-state index contributed by atoms with van der Waals surface area (Å²) in [7, 11) is 0. The average molecular weight is 305 g/mol. The molecule has 118 valence electrons. The van der Waals surface area contributed by atoms with Gasteiger partial charge < -0.3 is 0 Å². The Morgan fingerprint density at radius 2 is 1.43 bits per heavy atom. The summed E-state index contributed by atoms with van der Waals surface area (Å²) >= 11 is 0. The van der Waals surface area contributed by atoms with Gasteiger partial charge in [0.05, 0.1) is 0 Å². The van der Waals surface area contributed by atoms with Gasteiger partial charge in [0.15, 0.2) is 0 Å². The van der Waals surface area contributed by atoms with Crippen molar-refractivity contribution in [1.29, 1.82) is 0 Å². The molecule has 2 aromatic carbocycles. The molecule has 1 heterocycles. The Bertz CT molecular complexity index is 654. The molecule has 2 unspecified atom stereocenters. The summed E-state index contributed by atoms with van der Waals surface area (Å²) in [5.74, 6) is 0. The van der Waals surface area contributed by atoms with E-state index >= 15 is 0 Å². The fourth-order valence-corrected chi connectivity index (χ4v) is 3.34. The molecule has 0 bridgehead atoms. The van der Waals surface area contributed by atoms with Crippen LogP contribution in [0.4, 0.5) is 0 Å². The smallest absolute Gasteiger partial charge is 0.230 e. The van der Waals surface area contributed by atoms with E-state index in [2.05, 4.69) is 102 Å². The van der Waals surface area contributed by atoms with Gasteiger partial charge in [0.1, 0.15) is 24.5 Å². The number of nitrogens with zero attached hydrogens (tertiary/aromatic N) is 2. The number of benzene rings is 2. The molecule has 0 aliphatic heterocycles. The maximum atomic E-state index is 2.33. The molecule has 3 rings (SSSR count). The molecule has 2 atom stereocenters. The lowest BCUT2D eigenvalue weighted by Gasteiger charge is -2.13. The normalized spacial score (nSPS) is 13.7. The highest BCUT2D eigenvalue weighted by atomic mass is 15.1. The van der Waals surface area contributed by atoms with E-state index in [0.717, 1.165) is 12.8 Å². The summed E-state index contributed by atoms with van der Waals surface area (Å²) in [6, 6.07) is 22.3. The Hall–Kier alpha value is -2.35. The zero-order valence-electron chi connectivity index (χ0n) is 14.0. The Morgan fingerprint density at radius 1 is 0.826 bits per heavy atom. The van der Waals surface area contributed by atoms with Crippen molar-refractivity contribution in [3.63, 3.8) is 0 Å². The van der Waals surface area contributed by atoms with Crippen LogP contribution in [-0.2, 0) is 0 Å². The number of rotatable bonds is 6. The third-order valence-corrected chi connectivity index (χ3v) is 4.54. The van der Waals surface area contributed by atoms with E-state index in [1.54, 1.807) is 0 Å². The molecule has 0 saturated heterocycles. The van der Waals surface area contributed by atoms with Crippen LogP contribution < -0.4 is 4.57 Å². The van der Waals surface area contributed by atoms with Crippen molar-refractivity contribution in [2.24, 2.45) is 0 Å². The van der Waals surface area contributed by atoms with Gasteiger partial charge in [-0.15, -0.1) is 0 Å². The van der Waals surface area contributed by atoms with Crippen molar-refractivity contribution in [3.05, 3.63) is 90.5 Å². The summed E-state index contributed by atoms with van der Waals surface area (Å²) in [6.07, 6.45) is 8.82. The van der Waals surface area contributed by atoms with Crippen molar-refractivity contribution in [1.82, 2.24) is 4.57 Å². The largest absolute Gasteiger partial charge is 0.244 e. The molecule has 0 radical (unpaired) electrons.